The van der Waals surface area contributed by atoms with Gasteiger partial charge in [0.2, 0.25) is 0 Å². The standard InChI is InChI=1S/C26H29ClN4O8S/c1-16(2)26(24(35)36,28-9-11-32)31(23(34)20-7-8-21(27)40-20)14-19-13-30(25(37)39-19)18-5-3-17(4-6-18)29-10-12-38-15-22(29)33/h3-8,11,16,19,28H,9-10,12-15H2,1-2H3,(H,35,36)/t19-,26-/m1/s1. The maximum atomic E-state index is 13.7. The number of benzene rings is 1. The summed E-state index contributed by atoms with van der Waals surface area (Å²) in [6.07, 6.45) is -1.04. The average Bonchev–Trinajstić information content (AvgIpc) is 3.53. The number of carbonyl (C=O) groups excluding carboxylic acids is 4. The number of cyclic esters (lactones) is 1. The van der Waals surface area contributed by atoms with E-state index in [-0.39, 0.29) is 37.0 Å². The van der Waals surface area contributed by atoms with Crippen LogP contribution in [0.25, 0.3) is 0 Å². The molecule has 2 saturated heterocycles. The van der Waals surface area contributed by atoms with Crippen LogP contribution in [0.4, 0.5) is 16.2 Å². The quantitative estimate of drug-likeness (QED) is 0.297. The maximum Gasteiger partial charge on any atom is 0.414 e. The van der Waals surface area contributed by atoms with Gasteiger partial charge in [0.05, 0.1) is 35.5 Å². The van der Waals surface area contributed by atoms with E-state index in [1.807, 2.05) is 0 Å². The van der Waals surface area contributed by atoms with E-state index in [2.05, 4.69) is 5.32 Å². The van der Waals surface area contributed by atoms with Crippen molar-refractivity contribution in [2.75, 3.05) is 49.2 Å². The summed E-state index contributed by atoms with van der Waals surface area (Å²) in [5.41, 5.74) is -0.815. The SMILES string of the molecule is CC(C)[C@](NCC=O)(C(=O)O)N(C[C@H]1CN(c2ccc(N3CCOCC3=O)cc2)C(=O)O1)C(=O)c1ccc(Cl)s1. The first-order chi connectivity index (χ1) is 19.1. The second-order valence-electron chi connectivity index (χ2n) is 9.52. The lowest BCUT2D eigenvalue weighted by Gasteiger charge is -2.44. The summed E-state index contributed by atoms with van der Waals surface area (Å²) in [7, 11) is 0. The fraction of sp³-hybridized carbons (Fsp3) is 0.423. The first-order valence-electron chi connectivity index (χ1n) is 12.5. The van der Waals surface area contributed by atoms with Gasteiger partial charge in [0.15, 0.2) is 5.66 Å². The number of hydrogen-bond acceptors (Lipinski definition) is 9. The smallest absolute Gasteiger partial charge is 0.414 e. The van der Waals surface area contributed by atoms with E-state index >= 15 is 0 Å². The number of amides is 3. The molecule has 0 spiro atoms. The van der Waals surface area contributed by atoms with E-state index in [1.54, 1.807) is 43.0 Å². The number of aldehydes is 1. The van der Waals surface area contributed by atoms with Crippen molar-refractivity contribution >= 4 is 64.5 Å². The van der Waals surface area contributed by atoms with Gasteiger partial charge >= 0.3 is 12.1 Å². The average molecular weight is 593 g/mol. The maximum absolute atomic E-state index is 13.7. The lowest BCUT2D eigenvalue weighted by molar-refractivity contribution is -0.157. The molecular weight excluding hydrogens is 564 g/mol. The van der Waals surface area contributed by atoms with Crippen LogP contribution in [0.3, 0.4) is 0 Å². The van der Waals surface area contributed by atoms with Gasteiger partial charge in [0, 0.05) is 23.8 Å². The number of nitrogens with zero attached hydrogens (tertiary/aromatic N) is 3. The highest BCUT2D eigenvalue weighted by Gasteiger charge is 2.51. The lowest BCUT2D eigenvalue weighted by atomic mass is 9.92. The van der Waals surface area contributed by atoms with Crippen LogP contribution in [0.5, 0.6) is 0 Å². The monoisotopic (exact) mass is 592 g/mol. The van der Waals surface area contributed by atoms with Crippen molar-refractivity contribution in [1.29, 1.82) is 0 Å². The Morgan fingerprint density at radius 1 is 1.20 bits per heavy atom. The molecule has 2 fully saturated rings. The number of halogens is 1. The molecule has 0 bridgehead atoms. The summed E-state index contributed by atoms with van der Waals surface area (Å²) in [5, 5.41) is 13.1. The van der Waals surface area contributed by atoms with Gasteiger partial charge < -0.3 is 29.2 Å². The fourth-order valence-corrected chi connectivity index (χ4v) is 5.82. The zero-order valence-electron chi connectivity index (χ0n) is 21.9. The summed E-state index contributed by atoms with van der Waals surface area (Å²) < 4.78 is 11.1. The van der Waals surface area contributed by atoms with Crippen molar-refractivity contribution in [2.24, 2.45) is 5.92 Å². The molecule has 14 heteroatoms. The molecule has 12 nitrogen and oxygen atoms in total. The van der Waals surface area contributed by atoms with Crippen molar-refractivity contribution in [3.05, 3.63) is 45.6 Å². The number of rotatable bonds is 11. The molecular formula is C26H29ClN4O8S. The molecule has 214 valence electrons. The summed E-state index contributed by atoms with van der Waals surface area (Å²) in [6, 6.07) is 9.81. The molecule has 0 saturated carbocycles. The van der Waals surface area contributed by atoms with Crippen LogP contribution in [0, 0.1) is 5.92 Å². The topological polar surface area (TPSA) is 146 Å². The van der Waals surface area contributed by atoms with Crippen LogP contribution >= 0.6 is 22.9 Å². The summed E-state index contributed by atoms with van der Waals surface area (Å²) >= 11 is 7.03. The molecule has 1 aromatic heterocycles. The molecule has 4 rings (SSSR count). The van der Waals surface area contributed by atoms with Crippen molar-refractivity contribution in [3.63, 3.8) is 0 Å². The molecule has 3 amide bonds. The van der Waals surface area contributed by atoms with Crippen LogP contribution in [0.2, 0.25) is 4.34 Å². The van der Waals surface area contributed by atoms with E-state index in [1.165, 1.54) is 17.0 Å². The van der Waals surface area contributed by atoms with Gasteiger partial charge in [-0.1, -0.05) is 25.4 Å². The second kappa shape index (κ2) is 12.3. The first kappa shape index (κ1) is 29.5. The number of morpholine rings is 1. The third kappa shape index (κ3) is 5.82. The Balaban J connectivity index is 1.59. The third-order valence-electron chi connectivity index (χ3n) is 6.79. The molecule has 2 N–H and O–H groups in total. The predicted octanol–water partition coefficient (Wildman–Crippen LogP) is 2.46. The zero-order chi connectivity index (χ0) is 29.0. The molecule has 3 heterocycles. The molecule has 1 aromatic carbocycles. The summed E-state index contributed by atoms with van der Waals surface area (Å²) in [6.45, 7) is 3.51. The molecule has 2 aliphatic rings. The van der Waals surface area contributed by atoms with E-state index in [4.69, 9.17) is 21.1 Å². The Bertz CT molecular complexity index is 1290. The normalized spacial score (nSPS) is 18.9. The van der Waals surface area contributed by atoms with Crippen molar-refractivity contribution in [2.45, 2.75) is 25.6 Å². The fourth-order valence-electron chi connectivity index (χ4n) is 4.83. The molecule has 0 aliphatic carbocycles. The van der Waals surface area contributed by atoms with Crippen LogP contribution in [-0.2, 0) is 23.9 Å². The summed E-state index contributed by atoms with van der Waals surface area (Å²) in [4.78, 5) is 66.9. The minimum atomic E-state index is -1.99. The molecule has 0 unspecified atom stereocenters. The van der Waals surface area contributed by atoms with Crippen molar-refractivity contribution in [1.82, 2.24) is 10.2 Å². The number of anilines is 2. The highest BCUT2D eigenvalue weighted by Crippen LogP contribution is 2.32. The van der Waals surface area contributed by atoms with Gasteiger partial charge in [0.25, 0.3) is 11.8 Å². The van der Waals surface area contributed by atoms with Crippen LogP contribution < -0.4 is 15.1 Å². The Kier molecular flexibility index (Phi) is 9.08. The number of hydrogen-bond donors (Lipinski definition) is 2. The lowest BCUT2D eigenvalue weighted by Crippen LogP contribution is -2.70. The van der Waals surface area contributed by atoms with Crippen LogP contribution in [0.15, 0.2) is 36.4 Å². The zero-order valence-corrected chi connectivity index (χ0v) is 23.4. The second-order valence-corrected chi connectivity index (χ2v) is 11.2. The van der Waals surface area contributed by atoms with Crippen molar-refractivity contribution < 1.29 is 38.6 Å². The highest BCUT2D eigenvalue weighted by atomic mass is 35.5. The van der Waals surface area contributed by atoms with E-state index in [0.29, 0.717) is 35.1 Å². The van der Waals surface area contributed by atoms with Gasteiger partial charge in [-0.25, -0.2) is 9.59 Å². The Morgan fingerprint density at radius 2 is 1.88 bits per heavy atom. The number of nitrogens with one attached hydrogen (secondary N) is 1. The Labute approximate surface area is 239 Å². The number of thiophene rings is 1. The molecule has 2 aliphatic heterocycles. The van der Waals surface area contributed by atoms with E-state index < -0.39 is 35.7 Å². The number of carbonyl (C=O) groups is 5. The minimum absolute atomic E-state index is 0.00466. The third-order valence-corrected chi connectivity index (χ3v) is 8.01. The minimum Gasteiger partial charge on any atom is -0.478 e. The van der Waals surface area contributed by atoms with Gasteiger partial charge in [0.1, 0.15) is 19.0 Å². The van der Waals surface area contributed by atoms with E-state index in [9.17, 15) is 29.1 Å². The van der Waals surface area contributed by atoms with Gasteiger partial charge in [-0.3, -0.25) is 19.8 Å². The molecule has 0 radical (unpaired) electrons. The van der Waals surface area contributed by atoms with Gasteiger partial charge in [-0.2, -0.15) is 0 Å². The number of ether oxygens (including phenoxy) is 2. The summed E-state index contributed by atoms with van der Waals surface area (Å²) in [5.74, 6) is -2.85. The Hall–Kier alpha value is -3.52. The highest BCUT2D eigenvalue weighted by molar-refractivity contribution is 7.18. The van der Waals surface area contributed by atoms with Crippen LogP contribution in [-0.4, -0.2) is 91.3 Å². The van der Waals surface area contributed by atoms with E-state index in [0.717, 1.165) is 16.2 Å². The van der Waals surface area contributed by atoms with Crippen LogP contribution in [0.1, 0.15) is 23.5 Å². The number of carboxylic acid groups (broad SMARTS) is 1. The van der Waals surface area contributed by atoms with Gasteiger partial charge in [-0.05, 0) is 36.4 Å². The number of aliphatic carboxylic acids is 1. The first-order valence-corrected chi connectivity index (χ1v) is 13.7. The molecule has 2 aromatic rings. The largest absolute Gasteiger partial charge is 0.478 e. The van der Waals surface area contributed by atoms with Gasteiger partial charge in [-0.15, -0.1) is 11.3 Å². The molecule has 40 heavy (non-hydrogen) atoms. The Morgan fingerprint density at radius 3 is 2.42 bits per heavy atom. The predicted molar refractivity (Wildman–Crippen MR) is 147 cm³/mol. The van der Waals surface area contributed by atoms with Crippen molar-refractivity contribution in [3.8, 4) is 0 Å². The number of carboxylic acids is 1. The molecule has 2 atom stereocenters.